The first-order chi connectivity index (χ1) is 13.3. The molecule has 0 radical (unpaired) electrons. The average molecular weight is 431 g/mol. The number of nitrogens with two attached hydrogens (primary N) is 1. The van der Waals surface area contributed by atoms with Crippen molar-refractivity contribution in [2.24, 2.45) is 5.73 Å². The van der Waals surface area contributed by atoms with Crippen molar-refractivity contribution in [3.05, 3.63) is 59.2 Å². The first-order valence-corrected chi connectivity index (χ1v) is 8.92. The van der Waals surface area contributed by atoms with Crippen LogP contribution in [-0.2, 0) is 17.5 Å². The van der Waals surface area contributed by atoms with Crippen molar-refractivity contribution in [3.63, 3.8) is 0 Å². The summed E-state index contributed by atoms with van der Waals surface area (Å²) >= 11 is 0. The SMILES string of the molecule is Cl.NCc1cc(NC(=O)c2ccc(OCC3CCCO3)cc2)cc(C(F)(F)F)c1. The summed E-state index contributed by atoms with van der Waals surface area (Å²) in [6.07, 6.45) is -2.45. The minimum absolute atomic E-state index is 0. The maximum Gasteiger partial charge on any atom is 0.416 e. The van der Waals surface area contributed by atoms with Crippen molar-refractivity contribution >= 4 is 24.0 Å². The lowest BCUT2D eigenvalue weighted by atomic mass is 10.1. The molecule has 1 fully saturated rings. The highest BCUT2D eigenvalue weighted by atomic mass is 35.5. The van der Waals surface area contributed by atoms with Crippen LogP contribution in [0.3, 0.4) is 0 Å². The summed E-state index contributed by atoms with van der Waals surface area (Å²) in [6, 6.07) is 9.66. The second-order valence-corrected chi connectivity index (χ2v) is 6.55. The summed E-state index contributed by atoms with van der Waals surface area (Å²) in [5.74, 6) is 0.0736. The molecule has 1 unspecified atom stereocenters. The Morgan fingerprint density at radius 3 is 2.52 bits per heavy atom. The van der Waals surface area contributed by atoms with Gasteiger partial charge in [0.25, 0.3) is 5.91 Å². The summed E-state index contributed by atoms with van der Waals surface area (Å²) in [6.45, 7) is 1.12. The third-order valence-electron chi connectivity index (χ3n) is 4.39. The topological polar surface area (TPSA) is 73.6 Å². The zero-order valence-corrected chi connectivity index (χ0v) is 16.3. The van der Waals surface area contributed by atoms with Crippen molar-refractivity contribution in [2.45, 2.75) is 31.7 Å². The number of carbonyl (C=O) groups is 1. The van der Waals surface area contributed by atoms with Crippen LogP contribution in [0, 0.1) is 0 Å². The van der Waals surface area contributed by atoms with Crippen molar-refractivity contribution in [3.8, 4) is 5.75 Å². The summed E-state index contributed by atoms with van der Waals surface area (Å²) in [7, 11) is 0. The molecular formula is C20H22ClF3N2O3. The van der Waals surface area contributed by atoms with Crippen LogP contribution < -0.4 is 15.8 Å². The van der Waals surface area contributed by atoms with Gasteiger partial charge in [0.2, 0.25) is 0 Å². The first kappa shape index (κ1) is 23.0. The maximum atomic E-state index is 13.0. The minimum Gasteiger partial charge on any atom is -0.491 e. The fourth-order valence-corrected chi connectivity index (χ4v) is 2.92. The van der Waals surface area contributed by atoms with Crippen molar-refractivity contribution in [1.29, 1.82) is 0 Å². The van der Waals surface area contributed by atoms with Gasteiger partial charge in [0, 0.05) is 24.4 Å². The van der Waals surface area contributed by atoms with E-state index in [-0.39, 0.29) is 36.3 Å². The Labute approximate surface area is 172 Å². The van der Waals surface area contributed by atoms with Gasteiger partial charge in [-0.05, 0) is 60.9 Å². The highest BCUT2D eigenvalue weighted by Crippen LogP contribution is 2.32. The van der Waals surface area contributed by atoms with E-state index in [1.807, 2.05) is 0 Å². The predicted molar refractivity (Wildman–Crippen MR) is 105 cm³/mol. The standard InChI is InChI=1S/C20H21F3N2O3.ClH/c21-20(22,23)15-8-13(11-24)9-16(10-15)25-19(26)14-3-5-17(6-4-14)28-12-18-2-1-7-27-18;/h3-6,8-10,18H,1-2,7,11-12,24H2,(H,25,26);1H. The van der Waals surface area contributed by atoms with E-state index in [1.165, 1.54) is 6.07 Å². The molecule has 1 aliphatic heterocycles. The smallest absolute Gasteiger partial charge is 0.416 e. The Kier molecular flexibility index (Phi) is 7.89. The maximum absolute atomic E-state index is 13.0. The van der Waals surface area contributed by atoms with Crippen LogP contribution in [0.25, 0.3) is 0 Å². The van der Waals surface area contributed by atoms with Crippen LogP contribution >= 0.6 is 12.4 Å². The monoisotopic (exact) mass is 430 g/mol. The van der Waals surface area contributed by atoms with Gasteiger partial charge in [-0.2, -0.15) is 13.2 Å². The molecule has 2 aromatic rings. The molecule has 29 heavy (non-hydrogen) atoms. The van der Waals surface area contributed by atoms with Gasteiger partial charge in [-0.25, -0.2) is 0 Å². The molecule has 3 N–H and O–H groups in total. The number of alkyl halides is 3. The quantitative estimate of drug-likeness (QED) is 0.712. The molecule has 1 heterocycles. The normalized spacial score (nSPS) is 16.2. The number of halogens is 4. The third kappa shape index (κ3) is 6.35. The Hall–Kier alpha value is -2.29. The molecule has 9 heteroatoms. The van der Waals surface area contributed by atoms with Crippen LogP contribution in [0.4, 0.5) is 18.9 Å². The van der Waals surface area contributed by atoms with Gasteiger partial charge in [0.05, 0.1) is 11.7 Å². The Morgan fingerprint density at radius 1 is 1.21 bits per heavy atom. The van der Waals surface area contributed by atoms with Gasteiger partial charge in [0.15, 0.2) is 0 Å². The number of ether oxygens (including phenoxy) is 2. The van der Waals surface area contributed by atoms with Gasteiger partial charge in [-0.15, -0.1) is 12.4 Å². The first-order valence-electron chi connectivity index (χ1n) is 8.92. The van der Waals surface area contributed by atoms with Gasteiger partial charge in [-0.3, -0.25) is 4.79 Å². The van der Waals surface area contributed by atoms with Gasteiger partial charge in [0.1, 0.15) is 12.4 Å². The van der Waals surface area contributed by atoms with E-state index in [0.717, 1.165) is 31.6 Å². The molecule has 0 aromatic heterocycles. The Balaban J connectivity index is 0.00000300. The lowest BCUT2D eigenvalue weighted by molar-refractivity contribution is -0.137. The summed E-state index contributed by atoms with van der Waals surface area (Å²) in [4.78, 5) is 12.4. The van der Waals surface area contributed by atoms with Gasteiger partial charge < -0.3 is 20.5 Å². The van der Waals surface area contributed by atoms with E-state index in [4.69, 9.17) is 15.2 Å². The molecule has 1 amide bonds. The van der Waals surface area contributed by atoms with E-state index in [0.29, 0.717) is 17.9 Å². The number of carbonyl (C=O) groups excluding carboxylic acids is 1. The molecule has 3 rings (SSSR count). The van der Waals surface area contributed by atoms with Gasteiger partial charge in [-0.1, -0.05) is 0 Å². The fourth-order valence-electron chi connectivity index (χ4n) is 2.92. The molecule has 0 bridgehead atoms. The number of amides is 1. The lowest BCUT2D eigenvalue weighted by Gasteiger charge is -2.13. The van der Waals surface area contributed by atoms with Gasteiger partial charge >= 0.3 is 6.18 Å². The highest BCUT2D eigenvalue weighted by Gasteiger charge is 2.31. The van der Waals surface area contributed by atoms with E-state index < -0.39 is 17.6 Å². The van der Waals surface area contributed by atoms with Crippen LogP contribution in [0.1, 0.15) is 34.3 Å². The van der Waals surface area contributed by atoms with E-state index in [1.54, 1.807) is 24.3 Å². The van der Waals surface area contributed by atoms with E-state index in [9.17, 15) is 18.0 Å². The van der Waals surface area contributed by atoms with Crippen LogP contribution in [0.5, 0.6) is 5.75 Å². The lowest BCUT2D eigenvalue weighted by Crippen LogP contribution is -2.16. The fraction of sp³-hybridized carbons (Fsp3) is 0.350. The van der Waals surface area contributed by atoms with E-state index >= 15 is 0 Å². The van der Waals surface area contributed by atoms with Crippen LogP contribution in [0.2, 0.25) is 0 Å². The van der Waals surface area contributed by atoms with Crippen molar-refractivity contribution < 1.29 is 27.4 Å². The predicted octanol–water partition coefficient (Wildman–Crippen LogP) is 4.40. The molecule has 0 spiro atoms. The zero-order valence-electron chi connectivity index (χ0n) is 15.5. The Morgan fingerprint density at radius 2 is 1.93 bits per heavy atom. The third-order valence-corrected chi connectivity index (χ3v) is 4.39. The summed E-state index contributed by atoms with van der Waals surface area (Å²) < 4.78 is 50.1. The van der Waals surface area contributed by atoms with E-state index in [2.05, 4.69) is 5.32 Å². The molecule has 1 atom stereocenters. The van der Waals surface area contributed by atoms with Crippen molar-refractivity contribution in [1.82, 2.24) is 0 Å². The molecule has 1 aliphatic rings. The number of hydrogen-bond acceptors (Lipinski definition) is 4. The molecule has 0 aliphatic carbocycles. The highest BCUT2D eigenvalue weighted by molar-refractivity contribution is 6.04. The number of rotatable bonds is 6. The van der Waals surface area contributed by atoms with Crippen LogP contribution in [0.15, 0.2) is 42.5 Å². The molecular weight excluding hydrogens is 409 g/mol. The molecule has 0 saturated carbocycles. The number of hydrogen-bond donors (Lipinski definition) is 2. The second kappa shape index (κ2) is 9.96. The Bertz CT molecular complexity index is 823. The number of nitrogens with one attached hydrogen (secondary N) is 1. The summed E-state index contributed by atoms with van der Waals surface area (Å²) in [5, 5.41) is 2.49. The number of benzene rings is 2. The molecule has 1 saturated heterocycles. The molecule has 158 valence electrons. The minimum atomic E-state index is -4.52. The van der Waals surface area contributed by atoms with Crippen molar-refractivity contribution in [2.75, 3.05) is 18.5 Å². The van der Waals surface area contributed by atoms with Crippen LogP contribution in [-0.4, -0.2) is 25.2 Å². The zero-order chi connectivity index (χ0) is 20.1. The second-order valence-electron chi connectivity index (χ2n) is 6.55. The molecule has 2 aromatic carbocycles. The molecule has 5 nitrogen and oxygen atoms in total. The number of anilines is 1. The summed E-state index contributed by atoms with van der Waals surface area (Å²) in [5.41, 5.74) is 5.23. The average Bonchev–Trinajstić information content (AvgIpc) is 3.19. The largest absolute Gasteiger partial charge is 0.491 e.